The number of oxazole rings is 1. The highest BCUT2D eigenvalue weighted by Crippen LogP contribution is 2.32. The predicted octanol–water partition coefficient (Wildman–Crippen LogP) is 3.87. The maximum atomic E-state index is 13.4. The minimum Gasteiger partial charge on any atom is -0.443 e. The molecule has 0 N–H and O–H groups in total. The Kier molecular flexibility index (Phi) is 5.14. The van der Waals surface area contributed by atoms with E-state index in [1.807, 2.05) is 13.0 Å². The first-order chi connectivity index (χ1) is 13.6. The number of nitrogens with zero attached hydrogens (tertiary/aromatic N) is 4. The molecule has 3 aromatic rings. The van der Waals surface area contributed by atoms with Crippen LogP contribution >= 0.6 is 0 Å². The van der Waals surface area contributed by atoms with Gasteiger partial charge in [0.15, 0.2) is 0 Å². The maximum Gasteiger partial charge on any atom is 0.274 e. The van der Waals surface area contributed by atoms with E-state index in [9.17, 15) is 9.18 Å². The summed E-state index contributed by atoms with van der Waals surface area (Å²) in [5.74, 6) is 0.718. The molecule has 1 saturated heterocycles. The summed E-state index contributed by atoms with van der Waals surface area (Å²) in [6.45, 7) is 2.46. The molecule has 28 heavy (non-hydrogen) atoms. The minimum absolute atomic E-state index is 0.165. The molecule has 7 heteroatoms. The Bertz CT molecular complexity index is 971. The van der Waals surface area contributed by atoms with E-state index in [1.54, 1.807) is 23.4 Å². The van der Waals surface area contributed by atoms with Crippen LogP contribution in [0.25, 0.3) is 0 Å². The maximum absolute atomic E-state index is 13.4. The second-order valence-electron chi connectivity index (χ2n) is 7.02. The average molecular weight is 380 g/mol. The SMILES string of the molecule is Cc1cnc(C(=O)N2CCCC[C@H]2c2ncc(Cc3cccc(F)c3)o2)cn1. The van der Waals surface area contributed by atoms with Gasteiger partial charge in [-0.15, -0.1) is 0 Å². The van der Waals surface area contributed by atoms with E-state index >= 15 is 0 Å². The van der Waals surface area contributed by atoms with Gasteiger partial charge in [0, 0.05) is 19.2 Å². The van der Waals surface area contributed by atoms with E-state index in [2.05, 4.69) is 15.0 Å². The fraction of sp³-hybridized carbons (Fsp3) is 0.333. The van der Waals surface area contributed by atoms with Gasteiger partial charge in [0.1, 0.15) is 23.3 Å². The highest BCUT2D eigenvalue weighted by Gasteiger charge is 2.32. The molecule has 0 saturated carbocycles. The van der Waals surface area contributed by atoms with Crippen LogP contribution < -0.4 is 0 Å². The molecule has 0 spiro atoms. The van der Waals surface area contributed by atoms with Crippen molar-refractivity contribution in [3.05, 3.63) is 77.3 Å². The molecule has 1 fully saturated rings. The smallest absolute Gasteiger partial charge is 0.274 e. The molecule has 1 aliphatic rings. The number of carbonyl (C=O) groups excluding carboxylic acids is 1. The fourth-order valence-electron chi connectivity index (χ4n) is 3.49. The lowest BCUT2D eigenvalue weighted by Crippen LogP contribution is -2.39. The normalized spacial score (nSPS) is 16.9. The number of rotatable bonds is 4. The van der Waals surface area contributed by atoms with Crippen LogP contribution in [0.3, 0.4) is 0 Å². The number of benzene rings is 1. The van der Waals surface area contributed by atoms with Crippen molar-refractivity contribution < 1.29 is 13.6 Å². The zero-order chi connectivity index (χ0) is 19.5. The van der Waals surface area contributed by atoms with Crippen LogP contribution in [0, 0.1) is 12.7 Å². The molecule has 2 aromatic heterocycles. The van der Waals surface area contributed by atoms with Gasteiger partial charge in [-0.3, -0.25) is 9.78 Å². The van der Waals surface area contributed by atoms with Gasteiger partial charge in [0.2, 0.25) is 5.89 Å². The van der Waals surface area contributed by atoms with Gasteiger partial charge in [0.05, 0.1) is 18.1 Å². The molecule has 3 heterocycles. The average Bonchev–Trinajstić information content (AvgIpc) is 3.16. The van der Waals surface area contributed by atoms with Crippen LogP contribution in [-0.4, -0.2) is 32.3 Å². The van der Waals surface area contributed by atoms with Crippen LogP contribution in [0.4, 0.5) is 4.39 Å². The molecule has 144 valence electrons. The first-order valence-electron chi connectivity index (χ1n) is 9.39. The summed E-state index contributed by atoms with van der Waals surface area (Å²) in [6.07, 6.45) is 7.92. The third-order valence-electron chi connectivity index (χ3n) is 4.89. The molecule has 0 bridgehead atoms. The van der Waals surface area contributed by atoms with Gasteiger partial charge < -0.3 is 9.32 Å². The number of carbonyl (C=O) groups is 1. The Morgan fingerprint density at radius 2 is 2.11 bits per heavy atom. The topological polar surface area (TPSA) is 72.1 Å². The van der Waals surface area contributed by atoms with Crippen LogP contribution in [-0.2, 0) is 6.42 Å². The first-order valence-corrected chi connectivity index (χ1v) is 9.39. The summed E-state index contributed by atoms with van der Waals surface area (Å²) in [7, 11) is 0. The van der Waals surface area contributed by atoms with Gasteiger partial charge in [0.25, 0.3) is 5.91 Å². The molecule has 0 aliphatic carbocycles. The summed E-state index contributed by atoms with van der Waals surface area (Å²) in [4.78, 5) is 27.5. The van der Waals surface area contributed by atoms with E-state index in [1.165, 1.54) is 18.3 Å². The Hall–Kier alpha value is -3.09. The van der Waals surface area contributed by atoms with Gasteiger partial charge >= 0.3 is 0 Å². The Labute approximate surface area is 162 Å². The van der Waals surface area contributed by atoms with Crippen LogP contribution in [0.2, 0.25) is 0 Å². The van der Waals surface area contributed by atoms with Crippen molar-refractivity contribution in [1.29, 1.82) is 0 Å². The number of hydrogen-bond donors (Lipinski definition) is 0. The van der Waals surface area contributed by atoms with Crippen LogP contribution in [0.5, 0.6) is 0 Å². The summed E-state index contributed by atoms with van der Waals surface area (Å²) >= 11 is 0. The number of likely N-dealkylation sites (tertiary alicyclic amines) is 1. The van der Waals surface area contributed by atoms with Crippen molar-refractivity contribution in [1.82, 2.24) is 19.9 Å². The third-order valence-corrected chi connectivity index (χ3v) is 4.89. The Morgan fingerprint density at radius 3 is 2.89 bits per heavy atom. The van der Waals surface area contributed by atoms with E-state index < -0.39 is 0 Å². The second kappa shape index (κ2) is 7.88. The second-order valence-corrected chi connectivity index (χ2v) is 7.02. The van der Waals surface area contributed by atoms with E-state index in [-0.39, 0.29) is 17.8 Å². The molecular weight excluding hydrogens is 359 g/mol. The molecular formula is C21H21FN4O2. The largest absolute Gasteiger partial charge is 0.443 e. The zero-order valence-electron chi connectivity index (χ0n) is 15.6. The van der Waals surface area contributed by atoms with Crippen molar-refractivity contribution in [3.63, 3.8) is 0 Å². The predicted molar refractivity (Wildman–Crippen MR) is 100 cm³/mol. The minimum atomic E-state index is -0.277. The Morgan fingerprint density at radius 1 is 1.21 bits per heavy atom. The van der Waals surface area contributed by atoms with Crippen molar-refractivity contribution in [3.8, 4) is 0 Å². The molecule has 0 unspecified atom stereocenters. The fourth-order valence-corrected chi connectivity index (χ4v) is 3.49. The summed E-state index contributed by atoms with van der Waals surface area (Å²) in [5.41, 5.74) is 1.90. The lowest BCUT2D eigenvalue weighted by Gasteiger charge is -2.33. The highest BCUT2D eigenvalue weighted by molar-refractivity contribution is 5.92. The van der Waals surface area contributed by atoms with Crippen molar-refractivity contribution >= 4 is 5.91 Å². The zero-order valence-corrected chi connectivity index (χ0v) is 15.6. The van der Waals surface area contributed by atoms with Crippen molar-refractivity contribution in [2.45, 2.75) is 38.6 Å². The third kappa shape index (κ3) is 3.93. The van der Waals surface area contributed by atoms with Crippen LogP contribution in [0.15, 0.2) is 47.3 Å². The number of aromatic nitrogens is 3. The summed E-state index contributed by atoms with van der Waals surface area (Å²) < 4.78 is 19.3. The molecule has 6 nitrogen and oxygen atoms in total. The molecule has 1 amide bonds. The number of halogens is 1. The van der Waals surface area contributed by atoms with Crippen molar-refractivity contribution in [2.24, 2.45) is 0 Å². The quantitative estimate of drug-likeness (QED) is 0.687. The summed E-state index contributed by atoms with van der Waals surface area (Å²) in [5, 5.41) is 0. The number of aryl methyl sites for hydroxylation is 1. The first kappa shape index (κ1) is 18.3. The number of piperidine rings is 1. The Balaban J connectivity index is 1.54. The van der Waals surface area contributed by atoms with Gasteiger partial charge in [-0.1, -0.05) is 12.1 Å². The summed E-state index contributed by atoms with van der Waals surface area (Å²) in [6, 6.07) is 6.18. The molecule has 1 atom stereocenters. The van der Waals surface area contributed by atoms with Gasteiger partial charge in [-0.25, -0.2) is 14.4 Å². The molecule has 1 aromatic carbocycles. The lowest BCUT2D eigenvalue weighted by atomic mass is 10.0. The molecule has 1 aliphatic heterocycles. The van der Waals surface area contributed by atoms with Gasteiger partial charge in [-0.2, -0.15) is 0 Å². The molecule has 0 radical (unpaired) electrons. The highest BCUT2D eigenvalue weighted by atomic mass is 19.1. The van der Waals surface area contributed by atoms with Gasteiger partial charge in [-0.05, 0) is 43.9 Å². The monoisotopic (exact) mass is 380 g/mol. The number of amides is 1. The van der Waals surface area contributed by atoms with E-state index in [0.29, 0.717) is 30.3 Å². The van der Waals surface area contributed by atoms with E-state index in [0.717, 1.165) is 30.5 Å². The van der Waals surface area contributed by atoms with Crippen LogP contribution in [0.1, 0.15) is 58.7 Å². The number of hydrogen-bond acceptors (Lipinski definition) is 5. The van der Waals surface area contributed by atoms with E-state index in [4.69, 9.17) is 4.42 Å². The standard InChI is InChI=1S/C21H21FN4O2/c1-14-11-24-18(13-23-14)21(27)26-8-3-2-7-19(26)20-25-12-17(28-20)10-15-5-4-6-16(22)9-15/h4-6,9,11-13,19H,2-3,7-8,10H2,1H3/t19-/m0/s1. The van der Waals surface area contributed by atoms with Crippen molar-refractivity contribution in [2.75, 3.05) is 6.54 Å². The molecule has 4 rings (SSSR count). The lowest BCUT2D eigenvalue weighted by molar-refractivity contribution is 0.0563.